The molecule has 0 amide bonds. The molecule has 1 aromatic rings. The van der Waals surface area contributed by atoms with Crippen LogP contribution in [0, 0.1) is 24.2 Å². The lowest BCUT2D eigenvalue weighted by Gasteiger charge is -2.30. The average Bonchev–Trinajstić information content (AvgIpc) is 3.18. The number of hydrogen-bond acceptors (Lipinski definition) is 4. The largest absolute Gasteiger partial charge is 0.384 e. The SMILES string of the molecule is COC[C@H]1CN(CC2CC2)C[C@@]12CCN(Cc1cccc(C)n1)C2. The van der Waals surface area contributed by atoms with E-state index in [9.17, 15) is 0 Å². The van der Waals surface area contributed by atoms with Gasteiger partial charge >= 0.3 is 0 Å². The van der Waals surface area contributed by atoms with Gasteiger partial charge in [0.05, 0.1) is 12.3 Å². The zero-order valence-corrected chi connectivity index (χ0v) is 15.2. The highest BCUT2D eigenvalue weighted by atomic mass is 16.5. The van der Waals surface area contributed by atoms with E-state index in [0.29, 0.717) is 11.3 Å². The van der Waals surface area contributed by atoms with E-state index >= 15 is 0 Å². The summed E-state index contributed by atoms with van der Waals surface area (Å²) in [5.74, 6) is 1.68. The Morgan fingerprint density at radius 1 is 1.25 bits per heavy atom. The molecular formula is C20H31N3O. The van der Waals surface area contributed by atoms with Gasteiger partial charge in [-0.1, -0.05) is 6.07 Å². The van der Waals surface area contributed by atoms with Crippen molar-refractivity contribution in [3.8, 4) is 0 Å². The summed E-state index contributed by atoms with van der Waals surface area (Å²) in [4.78, 5) is 10.0. The molecule has 0 unspecified atom stereocenters. The molecule has 3 aliphatic rings. The van der Waals surface area contributed by atoms with Crippen LogP contribution in [0.3, 0.4) is 0 Å². The summed E-state index contributed by atoms with van der Waals surface area (Å²) in [7, 11) is 1.86. The Hall–Kier alpha value is -0.970. The maximum Gasteiger partial charge on any atom is 0.0547 e. The number of rotatable bonds is 6. The van der Waals surface area contributed by atoms with Gasteiger partial charge < -0.3 is 9.64 Å². The molecule has 4 rings (SSSR count). The summed E-state index contributed by atoms with van der Waals surface area (Å²) in [5.41, 5.74) is 2.77. The molecule has 1 aliphatic carbocycles. The van der Waals surface area contributed by atoms with Gasteiger partial charge in [-0.3, -0.25) is 9.88 Å². The lowest BCUT2D eigenvalue weighted by Crippen LogP contribution is -2.36. The van der Waals surface area contributed by atoms with E-state index in [2.05, 4.69) is 34.9 Å². The van der Waals surface area contributed by atoms with Crippen molar-refractivity contribution >= 4 is 0 Å². The van der Waals surface area contributed by atoms with Gasteiger partial charge in [0.25, 0.3) is 0 Å². The molecule has 2 atom stereocenters. The quantitative estimate of drug-likeness (QED) is 0.802. The molecule has 2 aliphatic heterocycles. The Labute approximate surface area is 146 Å². The van der Waals surface area contributed by atoms with Crippen molar-refractivity contribution in [3.05, 3.63) is 29.6 Å². The van der Waals surface area contributed by atoms with E-state index in [0.717, 1.165) is 24.8 Å². The summed E-state index contributed by atoms with van der Waals surface area (Å²) >= 11 is 0. The van der Waals surface area contributed by atoms with Gasteiger partial charge in [0.2, 0.25) is 0 Å². The van der Waals surface area contributed by atoms with E-state index < -0.39 is 0 Å². The van der Waals surface area contributed by atoms with Crippen molar-refractivity contribution in [1.29, 1.82) is 0 Å². The molecular weight excluding hydrogens is 298 g/mol. The van der Waals surface area contributed by atoms with Crippen LogP contribution in [0.15, 0.2) is 18.2 Å². The molecule has 0 N–H and O–H groups in total. The minimum atomic E-state index is 0.439. The van der Waals surface area contributed by atoms with Gasteiger partial charge in [-0.05, 0) is 50.8 Å². The number of nitrogens with zero attached hydrogens (tertiary/aromatic N) is 3. The normalized spacial score (nSPS) is 31.3. The number of ether oxygens (including phenoxy) is 1. The second-order valence-electron chi connectivity index (χ2n) is 8.38. The molecule has 1 aromatic heterocycles. The van der Waals surface area contributed by atoms with Crippen molar-refractivity contribution in [2.24, 2.45) is 17.3 Å². The monoisotopic (exact) mass is 329 g/mol. The third-order valence-electron chi connectivity index (χ3n) is 6.26. The number of likely N-dealkylation sites (tertiary alicyclic amines) is 2. The van der Waals surface area contributed by atoms with Crippen molar-refractivity contribution in [3.63, 3.8) is 0 Å². The molecule has 4 heteroatoms. The number of aryl methyl sites for hydroxylation is 1. The van der Waals surface area contributed by atoms with Gasteiger partial charge in [-0.25, -0.2) is 0 Å². The number of pyridine rings is 1. The van der Waals surface area contributed by atoms with Gasteiger partial charge in [0.15, 0.2) is 0 Å². The summed E-state index contributed by atoms with van der Waals surface area (Å²) in [6.45, 7) is 10.2. The van der Waals surface area contributed by atoms with Crippen molar-refractivity contribution in [2.75, 3.05) is 46.4 Å². The Morgan fingerprint density at radius 3 is 2.83 bits per heavy atom. The first kappa shape index (κ1) is 16.5. The predicted octanol–water partition coefficient (Wildman–Crippen LogP) is 2.57. The highest BCUT2D eigenvalue weighted by Crippen LogP contribution is 2.45. The average molecular weight is 329 g/mol. The number of methoxy groups -OCH3 is 1. The van der Waals surface area contributed by atoms with Crippen LogP contribution in [-0.2, 0) is 11.3 Å². The molecule has 132 valence electrons. The molecule has 24 heavy (non-hydrogen) atoms. The van der Waals surface area contributed by atoms with E-state index in [-0.39, 0.29) is 0 Å². The summed E-state index contributed by atoms with van der Waals surface area (Å²) in [5, 5.41) is 0. The lowest BCUT2D eigenvalue weighted by molar-refractivity contribution is 0.0958. The standard InChI is InChI=1S/C20H31N3O/c1-16-4-3-5-19(21-16)12-22-9-8-20(14-22)15-23(10-17-6-7-17)11-18(20)13-24-2/h3-5,17-18H,6-15H2,1-2H3/t18-,20+/m1/s1. The van der Waals surface area contributed by atoms with Gasteiger partial charge in [-0.15, -0.1) is 0 Å². The van der Waals surface area contributed by atoms with Crippen molar-refractivity contribution < 1.29 is 4.74 Å². The van der Waals surface area contributed by atoms with E-state index in [1.54, 1.807) is 0 Å². The first-order chi connectivity index (χ1) is 11.7. The molecule has 4 nitrogen and oxygen atoms in total. The fourth-order valence-electron chi connectivity index (χ4n) is 4.88. The molecule has 1 saturated carbocycles. The lowest BCUT2D eigenvalue weighted by atomic mass is 9.77. The molecule has 3 fully saturated rings. The highest BCUT2D eigenvalue weighted by Gasteiger charge is 2.50. The zero-order valence-electron chi connectivity index (χ0n) is 15.2. The first-order valence-corrected chi connectivity index (χ1v) is 9.53. The molecule has 0 bridgehead atoms. The van der Waals surface area contributed by atoms with Crippen LogP contribution >= 0.6 is 0 Å². The third-order valence-corrected chi connectivity index (χ3v) is 6.26. The third kappa shape index (κ3) is 3.51. The van der Waals surface area contributed by atoms with Crippen LogP contribution in [-0.4, -0.2) is 61.2 Å². The van der Waals surface area contributed by atoms with E-state index in [4.69, 9.17) is 9.72 Å². The maximum absolute atomic E-state index is 5.59. The minimum absolute atomic E-state index is 0.439. The Kier molecular flexibility index (Phi) is 4.63. The topological polar surface area (TPSA) is 28.6 Å². The molecule has 1 spiro atoms. The van der Waals surface area contributed by atoms with E-state index in [1.807, 2.05) is 7.11 Å². The molecule has 0 aromatic carbocycles. The Bertz CT molecular complexity index is 574. The zero-order chi connectivity index (χ0) is 16.6. The van der Waals surface area contributed by atoms with Crippen LogP contribution in [0.25, 0.3) is 0 Å². The number of hydrogen-bond donors (Lipinski definition) is 0. The molecule has 2 saturated heterocycles. The maximum atomic E-state index is 5.59. The van der Waals surface area contributed by atoms with Crippen LogP contribution in [0.4, 0.5) is 0 Å². The van der Waals surface area contributed by atoms with Crippen LogP contribution in [0.5, 0.6) is 0 Å². The summed E-state index contributed by atoms with van der Waals surface area (Å²) in [6.07, 6.45) is 4.21. The summed E-state index contributed by atoms with van der Waals surface area (Å²) < 4.78 is 5.59. The van der Waals surface area contributed by atoms with Crippen LogP contribution in [0.1, 0.15) is 30.7 Å². The van der Waals surface area contributed by atoms with Gasteiger partial charge in [0, 0.05) is 56.9 Å². The minimum Gasteiger partial charge on any atom is -0.384 e. The molecule has 3 heterocycles. The van der Waals surface area contributed by atoms with Gasteiger partial charge in [-0.2, -0.15) is 0 Å². The van der Waals surface area contributed by atoms with Crippen LogP contribution in [0.2, 0.25) is 0 Å². The van der Waals surface area contributed by atoms with Crippen molar-refractivity contribution in [2.45, 2.75) is 32.7 Å². The second-order valence-corrected chi connectivity index (χ2v) is 8.38. The Morgan fingerprint density at radius 2 is 2.08 bits per heavy atom. The first-order valence-electron chi connectivity index (χ1n) is 9.53. The highest BCUT2D eigenvalue weighted by molar-refractivity contribution is 5.11. The summed E-state index contributed by atoms with van der Waals surface area (Å²) in [6, 6.07) is 6.37. The smallest absolute Gasteiger partial charge is 0.0547 e. The fourth-order valence-corrected chi connectivity index (χ4v) is 4.88. The van der Waals surface area contributed by atoms with Gasteiger partial charge in [0.1, 0.15) is 0 Å². The van der Waals surface area contributed by atoms with Crippen LogP contribution < -0.4 is 0 Å². The number of aromatic nitrogens is 1. The fraction of sp³-hybridized carbons (Fsp3) is 0.750. The van der Waals surface area contributed by atoms with E-state index in [1.165, 1.54) is 57.7 Å². The molecule has 0 radical (unpaired) electrons. The second kappa shape index (κ2) is 6.74. The Balaban J connectivity index is 1.42. The predicted molar refractivity (Wildman–Crippen MR) is 95.8 cm³/mol. The van der Waals surface area contributed by atoms with Crippen molar-refractivity contribution in [1.82, 2.24) is 14.8 Å².